The van der Waals surface area contributed by atoms with Crippen LogP contribution < -0.4 is 15.1 Å². The maximum Gasteiger partial charge on any atom is 0.355 e. The highest BCUT2D eigenvalue weighted by Crippen LogP contribution is 2.31. The zero-order valence-corrected chi connectivity index (χ0v) is 17.1. The fourth-order valence-electron chi connectivity index (χ4n) is 3.40. The first-order chi connectivity index (χ1) is 14.4. The van der Waals surface area contributed by atoms with Gasteiger partial charge in [0.2, 0.25) is 0 Å². The van der Waals surface area contributed by atoms with Crippen molar-refractivity contribution in [2.24, 2.45) is 0 Å². The normalized spacial score (nSPS) is 11.1. The molecule has 30 heavy (non-hydrogen) atoms. The Balaban J connectivity index is 1.64. The fraction of sp³-hybridized carbons (Fsp3) is 0.217. The zero-order valence-electron chi connectivity index (χ0n) is 17.1. The third kappa shape index (κ3) is 3.50. The average molecular weight is 407 g/mol. The number of aryl methyl sites for hydroxylation is 2. The number of carbonyl (C=O) groups is 1. The number of aromatic nitrogens is 1. The van der Waals surface area contributed by atoms with Crippen LogP contribution in [0.4, 0.5) is 0 Å². The molecule has 0 amide bonds. The Kier molecular flexibility index (Phi) is 4.95. The van der Waals surface area contributed by atoms with Gasteiger partial charge in [-0.3, -0.25) is 0 Å². The number of aromatic amines is 1. The van der Waals surface area contributed by atoms with Gasteiger partial charge in [-0.15, -0.1) is 0 Å². The van der Waals surface area contributed by atoms with E-state index in [0.29, 0.717) is 28.2 Å². The number of ether oxygens (including phenoxy) is 3. The quantitative estimate of drug-likeness (QED) is 0.393. The molecule has 4 aromatic rings. The van der Waals surface area contributed by atoms with Crippen molar-refractivity contribution in [1.82, 2.24) is 4.98 Å². The summed E-state index contributed by atoms with van der Waals surface area (Å²) in [4.78, 5) is 27.6. The number of nitrogens with one attached hydrogen (secondary N) is 1. The second kappa shape index (κ2) is 7.59. The first kappa shape index (κ1) is 19.6. The van der Waals surface area contributed by atoms with E-state index in [2.05, 4.69) is 4.98 Å². The molecule has 0 saturated carbocycles. The van der Waals surface area contributed by atoms with Crippen LogP contribution in [-0.4, -0.2) is 25.2 Å². The van der Waals surface area contributed by atoms with Gasteiger partial charge in [-0.25, -0.2) is 9.59 Å². The lowest BCUT2D eigenvalue weighted by molar-refractivity contribution is 0.0468. The van der Waals surface area contributed by atoms with Crippen LogP contribution in [0.3, 0.4) is 0 Å². The molecule has 0 aliphatic rings. The van der Waals surface area contributed by atoms with E-state index >= 15 is 0 Å². The van der Waals surface area contributed by atoms with Crippen LogP contribution in [0.2, 0.25) is 0 Å². The number of esters is 1. The highest BCUT2D eigenvalue weighted by Gasteiger charge is 2.16. The van der Waals surface area contributed by atoms with E-state index in [1.165, 1.54) is 6.07 Å². The minimum atomic E-state index is -0.544. The predicted octanol–water partition coefficient (Wildman–Crippen LogP) is 4.27. The fourth-order valence-corrected chi connectivity index (χ4v) is 3.40. The van der Waals surface area contributed by atoms with Crippen molar-refractivity contribution in [3.8, 4) is 11.5 Å². The van der Waals surface area contributed by atoms with Crippen molar-refractivity contribution in [2.75, 3.05) is 14.2 Å². The van der Waals surface area contributed by atoms with E-state index in [-0.39, 0.29) is 12.3 Å². The molecular formula is C23H21NO6. The molecule has 2 aromatic heterocycles. The summed E-state index contributed by atoms with van der Waals surface area (Å²) in [6.07, 6.45) is 0. The van der Waals surface area contributed by atoms with Crippen molar-refractivity contribution in [2.45, 2.75) is 20.5 Å². The van der Waals surface area contributed by atoms with Gasteiger partial charge in [-0.2, -0.15) is 0 Å². The molecule has 0 unspecified atom stereocenters. The molecule has 0 aliphatic heterocycles. The minimum absolute atomic E-state index is 0.0563. The smallest absolute Gasteiger partial charge is 0.355 e. The Morgan fingerprint density at radius 2 is 1.77 bits per heavy atom. The lowest BCUT2D eigenvalue weighted by Gasteiger charge is -2.09. The second-order valence-electron chi connectivity index (χ2n) is 7.08. The number of fused-ring (bicyclic) bond motifs is 2. The lowest BCUT2D eigenvalue weighted by Crippen LogP contribution is -2.08. The third-order valence-electron chi connectivity index (χ3n) is 5.14. The molecule has 7 nitrogen and oxygen atoms in total. The molecule has 1 N–H and O–H groups in total. The van der Waals surface area contributed by atoms with E-state index in [1.807, 2.05) is 26.0 Å². The van der Waals surface area contributed by atoms with Gasteiger partial charge >= 0.3 is 11.6 Å². The summed E-state index contributed by atoms with van der Waals surface area (Å²) in [6.45, 7) is 3.86. The van der Waals surface area contributed by atoms with Gasteiger partial charge in [0.25, 0.3) is 0 Å². The van der Waals surface area contributed by atoms with Gasteiger partial charge < -0.3 is 23.6 Å². The summed E-state index contributed by atoms with van der Waals surface area (Å²) in [7, 11) is 3.11. The molecule has 2 heterocycles. The van der Waals surface area contributed by atoms with Crippen molar-refractivity contribution >= 4 is 27.8 Å². The monoisotopic (exact) mass is 407 g/mol. The summed E-state index contributed by atoms with van der Waals surface area (Å²) >= 11 is 0. The van der Waals surface area contributed by atoms with Crippen LogP contribution in [0.15, 0.2) is 45.6 Å². The molecular weight excluding hydrogens is 386 g/mol. The molecule has 0 spiro atoms. The molecule has 2 aromatic carbocycles. The van der Waals surface area contributed by atoms with Gasteiger partial charge in [-0.1, -0.05) is 0 Å². The van der Waals surface area contributed by atoms with Crippen molar-refractivity contribution < 1.29 is 23.4 Å². The first-order valence-electron chi connectivity index (χ1n) is 9.35. The van der Waals surface area contributed by atoms with Gasteiger partial charge in [0, 0.05) is 28.5 Å². The SMILES string of the molecule is COc1cc(OC)c2[nH]c(C(=O)OCc3cc(=O)oc4cc(C)c(C)cc34)cc2c1. The summed E-state index contributed by atoms with van der Waals surface area (Å²) in [5, 5.41) is 1.50. The molecule has 0 bridgehead atoms. The maximum absolute atomic E-state index is 12.7. The van der Waals surface area contributed by atoms with E-state index in [0.717, 1.165) is 21.9 Å². The Morgan fingerprint density at radius 3 is 2.50 bits per heavy atom. The standard InChI is InChI=1S/C23H21NO6/c1-12-5-17-15(9-21(25)30-19(17)6-13(12)2)11-29-23(26)18-8-14-7-16(27-3)10-20(28-4)22(14)24-18/h5-10,24H,11H2,1-4H3. The van der Waals surface area contributed by atoms with Crippen molar-refractivity contribution in [3.05, 3.63) is 69.2 Å². The number of hydrogen-bond acceptors (Lipinski definition) is 6. The van der Waals surface area contributed by atoms with Gasteiger partial charge in [0.1, 0.15) is 29.4 Å². The highest BCUT2D eigenvalue weighted by molar-refractivity contribution is 5.97. The van der Waals surface area contributed by atoms with Crippen LogP contribution in [0, 0.1) is 13.8 Å². The number of hydrogen-bond donors (Lipinski definition) is 1. The summed E-state index contributed by atoms with van der Waals surface area (Å²) in [5.41, 5.74) is 3.59. The Hall–Kier alpha value is -3.74. The molecule has 0 aliphatic carbocycles. The van der Waals surface area contributed by atoms with Crippen LogP contribution in [0.1, 0.15) is 27.2 Å². The van der Waals surface area contributed by atoms with Crippen molar-refractivity contribution in [1.29, 1.82) is 0 Å². The maximum atomic E-state index is 12.7. The van der Waals surface area contributed by atoms with Crippen LogP contribution in [0.25, 0.3) is 21.9 Å². The topological polar surface area (TPSA) is 90.8 Å². The second-order valence-corrected chi connectivity index (χ2v) is 7.08. The lowest BCUT2D eigenvalue weighted by atomic mass is 10.0. The largest absolute Gasteiger partial charge is 0.497 e. The van der Waals surface area contributed by atoms with Gasteiger partial charge in [0.15, 0.2) is 0 Å². The molecule has 0 fully saturated rings. The molecule has 4 rings (SSSR count). The molecule has 154 valence electrons. The van der Waals surface area contributed by atoms with Crippen molar-refractivity contribution in [3.63, 3.8) is 0 Å². The van der Waals surface area contributed by atoms with Crippen LogP contribution >= 0.6 is 0 Å². The third-order valence-corrected chi connectivity index (χ3v) is 5.14. The average Bonchev–Trinajstić information content (AvgIpc) is 3.16. The molecule has 0 atom stereocenters. The predicted molar refractivity (Wildman–Crippen MR) is 112 cm³/mol. The number of methoxy groups -OCH3 is 2. The first-order valence-corrected chi connectivity index (χ1v) is 9.35. The van der Waals surface area contributed by atoms with E-state index < -0.39 is 11.6 Å². The number of carbonyl (C=O) groups excluding carboxylic acids is 1. The molecule has 0 radical (unpaired) electrons. The van der Waals surface area contributed by atoms with Gasteiger partial charge in [-0.05, 0) is 49.2 Å². The summed E-state index contributed by atoms with van der Waals surface area (Å²) in [5.74, 6) is 0.629. The summed E-state index contributed by atoms with van der Waals surface area (Å²) in [6, 6.07) is 10.3. The Morgan fingerprint density at radius 1 is 1.00 bits per heavy atom. The zero-order chi connectivity index (χ0) is 21.4. The Labute approximate surface area is 172 Å². The van der Waals surface area contributed by atoms with Gasteiger partial charge in [0.05, 0.1) is 19.7 Å². The molecule has 0 saturated heterocycles. The Bertz CT molecular complexity index is 1330. The minimum Gasteiger partial charge on any atom is -0.497 e. The van der Waals surface area contributed by atoms with Crippen LogP contribution in [0.5, 0.6) is 11.5 Å². The number of rotatable bonds is 5. The summed E-state index contributed by atoms with van der Waals surface area (Å²) < 4.78 is 21.4. The van der Waals surface area contributed by atoms with E-state index in [4.69, 9.17) is 18.6 Å². The number of H-pyrrole nitrogens is 1. The van der Waals surface area contributed by atoms with Crippen LogP contribution in [-0.2, 0) is 11.3 Å². The highest BCUT2D eigenvalue weighted by atomic mass is 16.5. The van der Waals surface area contributed by atoms with E-state index in [1.54, 1.807) is 32.4 Å². The van der Waals surface area contributed by atoms with E-state index in [9.17, 15) is 9.59 Å². The molecule has 7 heteroatoms. The number of benzene rings is 2.